The van der Waals surface area contributed by atoms with Gasteiger partial charge in [0.15, 0.2) is 4.80 Å². The Labute approximate surface area is 233 Å². The lowest BCUT2D eigenvalue weighted by Gasteiger charge is -2.24. The minimum atomic E-state index is -0.800. The van der Waals surface area contributed by atoms with Gasteiger partial charge in [-0.25, -0.2) is 9.79 Å². The summed E-state index contributed by atoms with van der Waals surface area (Å²) in [6, 6.07) is 22.4. The molecule has 5 rings (SSSR count). The Morgan fingerprint density at radius 3 is 2.48 bits per heavy atom. The molecule has 0 aliphatic carbocycles. The van der Waals surface area contributed by atoms with Crippen LogP contribution in [0.3, 0.4) is 0 Å². The summed E-state index contributed by atoms with van der Waals surface area (Å²) < 4.78 is 13.0. The Morgan fingerprint density at radius 1 is 1.07 bits per heavy atom. The van der Waals surface area contributed by atoms with E-state index in [1.54, 1.807) is 44.2 Å². The number of benzene rings is 3. The molecular weight excluding hydrogens is 530 g/mol. The molecular formula is C30H25N3O6S. The number of allylic oxidation sites excluding steroid dienone is 1. The molecule has 0 saturated carbocycles. The second-order valence-electron chi connectivity index (χ2n) is 8.96. The highest BCUT2D eigenvalue weighted by Gasteiger charge is 2.33. The maximum Gasteiger partial charge on any atom is 0.338 e. The number of thiazole rings is 1. The first-order valence-electron chi connectivity index (χ1n) is 12.6. The van der Waals surface area contributed by atoms with Gasteiger partial charge in [0.2, 0.25) is 0 Å². The molecule has 4 aromatic rings. The average Bonchev–Trinajstić information content (AvgIpc) is 3.26. The van der Waals surface area contributed by atoms with Crippen LogP contribution in [-0.4, -0.2) is 22.1 Å². The monoisotopic (exact) mass is 555 g/mol. The summed E-state index contributed by atoms with van der Waals surface area (Å²) in [6.07, 6.45) is 1.49. The number of fused-ring (bicyclic) bond motifs is 1. The molecule has 1 aromatic heterocycles. The Balaban J connectivity index is 1.59. The minimum Gasteiger partial charge on any atom is -0.489 e. The zero-order valence-electron chi connectivity index (χ0n) is 21.8. The summed E-state index contributed by atoms with van der Waals surface area (Å²) in [5, 5.41) is 11.5. The van der Waals surface area contributed by atoms with Crippen LogP contribution in [0.2, 0.25) is 0 Å². The molecule has 0 fully saturated rings. The third kappa shape index (κ3) is 5.34. The molecule has 1 atom stereocenters. The summed E-state index contributed by atoms with van der Waals surface area (Å²) in [5.41, 5.74) is 2.17. The zero-order valence-corrected chi connectivity index (χ0v) is 22.6. The number of para-hydroxylation sites is 1. The largest absolute Gasteiger partial charge is 0.489 e. The summed E-state index contributed by atoms with van der Waals surface area (Å²) in [7, 11) is 0. The highest BCUT2D eigenvalue weighted by atomic mass is 32.1. The second-order valence-corrected chi connectivity index (χ2v) is 9.97. The predicted octanol–water partition coefficient (Wildman–Crippen LogP) is 4.29. The molecule has 0 spiro atoms. The lowest BCUT2D eigenvalue weighted by Crippen LogP contribution is -2.39. The van der Waals surface area contributed by atoms with Crippen LogP contribution in [0.25, 0.3) is 6.08 Å². The van der Waals surface area contributed by atoms with Crippen molar-refractivity contribution in [3.05, 3.63) is 137 Å². The fourth-order valence-corrected chi connectivity index (χ4v) is 5.55. The van der Waals surface area contributed by atoms with E-state index in [0.29, 0.717) is 34.0 Å². The maximum atomic E-state index is 13.8. The van der Waals surface area contributed by atoms with Crippen LogP contribution in [0.15, 0.2) is 99.9 Å². The van der Waals surface area contributed by atoms with Gasteiger partial charge >= 0.3 is 5.97 Å². The third-order valence-corrected chi connectivity index (χ3v) is 7.36. The first-order valence-corrected chi connectivity index (χ1v) is 13.4. The molecule has 2 heterocycles. The molecule has 1 aliphatic heterocycles. The van der Waals surface area contributed by atoms with Crippen LogP contribution >= 0.6 is 11.3 Å². The Hall–Kier alpha value is -4.83. The smallest absolute Gasteiger partial charge is 0.338 e. The van der Waals surface area contributed by atoms with Crippen molar-refractivity contribution in [2.24, 2.45) is 4.99 Å². The van der Waals surface area contributed by atoms with E-state index in [4.69, 9.17) is 9.47 Å². The molecule has 0 amide bonds. The molecule has 1 aliphatic rings. The molecule has 0 bridgehead atoms. The standard InChI is InChI=1S/C30H25N3O6S/c1-3-38-29(35)26-19(2)31-30-32(28(34)25(40-30)17-22-11-7-8-12-24(22)33(36)37)27(26)21-13-15-23(16-14-21)39-18-20-9-5-4-6-10-20/h4-17,27H,3,18H2,1-2H3/b25-17-. The van der Waals surface area contributed by atoms with E-state index in [1.165, 1.54) is 16.7 Å². The van der Waals surface area contributed by atoms with Crippen LogP contribution in [0.4, 0.5) is 5.69 Å². The molecule has 0 radical (unpaired) electrons. The Bertz CT molecular complexity index is 1790. The number of carbonyl (C=O) groups excluding carboxylic acids is 1. The number of rotatable bonds is 8. The van der Waals surface area contributed by atoms with Crippen molar-refractivity contribution in [1.82, 2.24) is 4.57 Å². The van der Waals surface area contributed by atoms with E-state index in [1.807, 2.05) is 42.5 Å². The Kier molecular flexibility index (Phi) is 7.70. The molecule has 9 nitrogen and oxygen atoms in total. The number of carbonyl (C=O) groups is 1. The fourth-order valence-electron chi connectivity index (χ4n) is 4.51. The van der Waals surface area contributed by atoms with Gasteiger partial charge < -0.3 is 9.47 Å². The first-order chi connectivity index (χ1) is 19.4. The number of hydrogen-bond acceptors (Lipinski definition) is 8. The van der Waals surface area contributed by atoms with Gasteiger partial charge in [0.25, 0.3) is 11.2 Å². The lowest BCUT2D eigenvalue weighted by atomic mass is 9.96. The highest BCUT2D eigenvalue weighted by molar-refractivity contribution is 7.07. The van der Waals surface area contributed by atoms with Crippen molar-refractivity contribution in [2.45, 2.75) is 26.5 Å². The minimum absolute atomic E-state index is 0.112. The van der Waals surface area contributed by atoms with Gasteiger partial charge in [-0.1, -0.05) is 65.9 Å². The van der Waals surface area contributed by atoms with Crippen molar-refractivity contribution in [2.75, 3.05) is 6.61 Å². The molecule has 1 unspecified atom stereocenters. The molecule has 202 valence electrons. The van der Waals surface area contributed by atoms with Gasteiger partial charge in [-0.15, -0.1) is 0 Å². The third-order valence-electron chi connectivity index (χ3n) is 6.38. The summed E-state index contributed by atoms with van der Waals surface area (Å²) in [6.45, 7) is 3.98. The Morgan fingerprint density at radius 2 is 1.77 bits per heavy atom. The summed E-state index contributed by atoms with van der Waals surface area (Å²) in [5.74, 6) is 0.0703. The van der Waals surface area contributed by atoms with Gasteiger partial charge in [-0.05, 0) is 49.2 Å². The second kappa shape index (κ2) is 11.5. The predicted molar refractivity (Wildman–Crippen MR) is 151 cm³/mol. The number of nitrogens with zero attached hydrogens (tertiary/aromatic N) is 3. The molecule has 3 aromatic carbocycles. The van der Waals surface area contributed by atoms with Crippen LogP contribution < -0.4 is 19.6 Å². The number of nitro benzene ring substituents is 1. The van der Waals surface area contributed by atoms with E-state index in [9.17, 15) is 19.7 Å². The normalized spacial score (nSPS) is 14.8. The van der Waals surface area contributed by atoms with E-state index in [2.05, 4.69) is 4.99 Å². The molecule has 10 heteroatoms. The van der Waals surface area contributed by atoms with Gasteiger partial charge in [-0.2, -0.15) is 0 Å². The molecule has 40 heavy (non-hydrogen) atoms. The van der Waals surface area contributed by atoms with Crippen LogP contribution in [-0.2, 0) is 16.1 Å². The summed E-state index contributed by atoms with van der Waals surface area (Å²) in [4.78, 5) is 42.8. The van der Waals surface area contributed by atoms with Crippen LogP contribution in [0.1, 0.15) is 36.6 Å². The number of ether oxygens (including phenoxy) is 2. The van der Waals surface area contributed by atoms with Gasteiger partial charge in [-0.3, -0.25) is 19.5 Å². The summed E-state index contributed by atoms with van der Waals surface area (Å²) >= 11 is 1.11. The highest BCUT2D eigenvalue weighted by Crippen LogP contribution is 2.32. The van der Waals surface area contributed by atoms with E-state index in [-0.39, 0.29) is 22.4 Å². The number of nitro groups is 1. The van der Waals surface area contributed by atoms with E-state index < -0.39 is 22.5 Å². The number of esters is 1. The fraction of sp³-hybridized carbons (Fsp3) is 0.167. The van der Waals surface area contributed by atoms with Gasteiger partial charge in [0.1, 0.15) is 12.4 Å². The SMILES string of the molecule is CCOC(=O)C1=C(C)N=c2s/c(=C\c3ccccc3[N+](=O)[O-])c(=O)n2C1c1ccc(OCc2ccccc2)cc1. The van der Waals surface area contributed by atoms with Crippen LogP contribution in [0.5, 0.6) is 5.75 Å². The topological polar surface area (TPSA) is 113 Å². The van der Waals surface area contributed by atoms with Crippen molar-refractivity contribution < 1.29 is 19.2 Å². The van der Waals surface area contributed by atoms with Crippen molar-refractivity contribution in [1.29, 1.82) is 0 Å². The van der Waals surface area contributed by atoms with Gasteiger partial charge in [0.05, 0.1) is 38.9 Å². The van der Waals surface area contributed by atoms with Crippen molar-refractivity contribution in [3.8, 4) is 5.75 Å². The van der Waals surface area contributed by atoms with E-state index in [0.717, 1.165) is 16.9 Å². The van der Waals surface area contributed by atoms with Gasteiger partial charge in [0, 0.05) is 6.07 Å². The van der Waals surface area contributed by atoms with E-state index >= 15 is 0 Å². The first kappa shape index (κ1) is 26.8. The average molecular weight is 556 g/mol. The number of hydrogen-bond donors (Lipinski definition) is 0. The van der Waals surface area contributed by atoms with Crippen LogP contribution in [0, 0.1) is 10.1 Å². The maximum absolute atomic E-state index is 13.8. The quantitative estimate of drug-likeness (QED) is 0.182. The number of aromatic nitrogens is 1. The zero-order chi connectivity index (χ0) is 28.2. The molecule has 0 saturated heterocycles. The molecule has 0 N–H and O–H groups in total. The van der Waals surface area contributed by atoms with Crippen molar-refractivity contribution in [3.63, 3.8) is 0 Å². The van der Waals surface area contributed by atoms with Crippen molar-refractivity contribution >= 4 is 29.1 Å². The lowest BCUT2D eigenvalue weighted by molar-refractivity contribution is -0.385.